The molecule has 92 valence electrons. The van der Waals surface area contributed by atoms with Gasteiger partial charge in [0.1, 0.15) is 0 Å². The summed E-state index contributed by atoms with van der Waals surface area (Å²) in [4.78, 5) is 0. The van der Waals surface area contributed by atoms with E-state index >= 15 is 0 Å². The third-order valence-corrected chi connectivity index (χ3v) is 3.34. The van der Waals surface area contributed by atoms with Crippen LogP contribution in [0.25, 0.3) is 0 Å². The maximum absolute atomic E-state index is 10.4. The maximum atomic E-state index is 10.4. The summed E-state index contributed by atoms with van der Waals surface area (Å²) in [7, 11) is -3.74. The summed E-state index contributed by atoms with van der Waals surface area (Å²) in [5.74, 6) is -0.0966. The molecule has 1 atom stereocenters. The molecule has 0 saturated carbocycles. The molecule has 0 fully saturated rings. The molecule has 0 aromatic rings. The quantitative estimate of drug-likeness (QED) is 0.378. The van der Waals surface area contributed by atoms with Crippen molar-refractivity contribution in [3.8, 4) is 0 Å². The van der Waals surface area contributed by atoms with Crippen molar-refractivity contribution in [1.29, 1.82) is 0 Å². The first kappa shape index (κ1) is 15.3. The van der Waals surface area contributed by atoms with Gasteiger partial charge in [-0.1, -0.05) is 39.0 Å². The zero-order valence-electron chi connectivity index (χ0n) is 9.35. The van der Waals surface area contributed by atoms with Crippen LogP contribution in [0.15, 0.2) is 0 Å². The van der Waals surface area contributed by atoms with E-state index in [2.05, 4.69) is 19.6 Å². The van der Waals surface area contributed by atoms with Crippen molar-refractivity contribution in [2.24, 2.45) is 0 Å². The standard InChI is InChI=1S/C10H22O3S2/c1-10(14)8-6-4-2-3-5-7-9-15(11,12)13/h10,14H,2-9H2,1H3,(H,11,12,13). The van der Waals surface area contributed by atoms with Crippen LogP contribution in [-0.4, -0.2) is 24.0 Å². The Bertz CT molecular complexity index is 235. The van der Waals surface area contributed by atoms with E-state index in [-0.39, 0.29) is 5.75 Å². The normalized spacial score (nSPS) is 14.1. The minimum Gasteiger partial charge on any atom is -0.286 e. The van der Waals surface area contributed by atoms with Gasteiger partial charge in [-0.25, -0.2) is 0 Å². The van der Waals surface area contributed by atoms with E-state index < -0.39 is 10.1 Å². The number of rotatable bonds is 9. The highest BCUT2D eigenvalue weighted by molar-refractivity contribution is 7.85. The van der Waals surface area contributed by atoms with Crippen molar-refractivity contribution >= 4 is 22.7 Å². The number of hydrogen-bond donors (Lipinski definition) is 2. The number of unbranched alkanes of at least 4 members (excludes halogenated alkanes) is 5. The van der Waals surface area contributed by atoms with Crippen molar-refractivity contribution in [2.75, 3.05) is 5.75 Å². The molecule has 0 spiro atoms. The van der Waals surface area contributed by atoms with Crippen LogP contribution in [-0.2, 0) is 10.1 Å². The van der Waals surface area contributed by atoms with Crippen LogP contribution in [0.5, 0.6) is 0 Å². The molecule has 0 aliphatic rings. The fourth-order valence-corrected chi connectivity index (χ4v) is 2.18. The van der Waals surface area contributed by atoms with Crippen molar-refractivity contribution in [1.82, 2.24) is 0 Å². The second-order valence-electron chi connectivity index (χ2n) is 4.05. The Hall–Kier alpha value is 0.260. The molecule has 0 heterocycles. The molecule has 0 aromatic carbocycles. The van der Waals surface area contributed by atoms with Gasteiger partial charge in [0, 0.05) is 0 Å². The first-order valence-electron chi connectivity index (χ1n) is 5.55. The first-order chi connectivity index (χ1) is 6.92. The second-order valence-corrected chi connectivity index (χ2v) is 6.50. The molecule has 5 heteroatoms. The monoisotopic (exact) mass is 254 g/mol. The van der Waals surface area contributed by atoms with Gasteiger partial charge in [-0.3, -0.25) is 4.55 Å². The zero-order chi connectivity index (χ0) is 11.7. The third-order valence-electron chi connectivity index (χ3n) is 2.27. The lowest BCUT2D eigenvalue weighted by molar-refractivity contribution is 0.478. The Morgan fingerprint density at radius 3 is 2.00 bits per heavy atom. The Balaban J connectivity index is 3.12. The van der Waals surface area contributed by atoms with E-state index in [1.807, 2.05) is 0 Å². The molecule has 1 N–H and O–H groups in total. The van der Waals surface area contributed by atoms with E-state index in [0.717, 1.165) is 25.7 Å². The molecular weight excluding hydrogens is 232 g/mol. The molecule has 0 aromatic heterocycles. The van der Waals surface area contributed by atoms with Crippen LogP contribution in [0.4, 0.5) is 0 Å². The van der Waals surface area contributed by atoms with Gasteiger partial charge in [0.25, 0.3) is 10.1 Å². The van der Waals surface area contributed by atoms with Crippen LogP contribution >= 0.6 is 12.6 Å². The summed E-state index contributed by atoms with van der Waals surface area (Å²) < 4.78 is 29.3. The van der Waals surface area contributed by atoms with Crippen LogP contribution < -0.4 is 0 Å². The minimum absolute atomic E-state index is 0.0966. The fourth-order valence-electron chi connectivity index (χ4n) is 1.43. The molecule has 0 bridgehead atoms. The van der Waals surface area contributed by atoms with Crippen molar-refractivity contribution in [3.05, 3.63) is 0 Å². The van der Waals surface area contributed by atoms with Gasteiger partial charge in [0.15, 0.2) is 0 Å². The van der Waals surface area contributed by atoms with Gasteiger partial charge < -0.3 is 0 Å². The highest BCUT2D eigenvalue weighted by Crippen LogP contribution is 2.11. The number of thiol groups is 1. The molecule has 0 rings (SSSR count). The van der Waals surface area contributed by atoms with Crippen LogP contribution in [0.2, 0.25) is 0 Å². The second kappa shape index (κ2) is 8.42. The van der Waals surface area contributed by atoms with Gasteiger partial charge >= 0.3 is 0 Å². The summed E-state index contributed by atoms with van der Waals surface area (Å²) in [5, 5.41) is 0.476. The Kier molecular flexibility index (Phi) is 8.56. The average molecular weight is 254 g/mol. The molecule has 0 saturated heterocycles. The molecule has 3 nitrogen and oxygen atoms in total. The topological polar surface area (TPSA) is 54.4 Å². The average Bonchev–Trinajstić information content (AvgIpc) is 2.07. The molecule has 0 aliphatic heterocycles. The molecular formula is C10H22O3S2. The van der Waals surface area contributed by atoms with E-state index in [9.17, 15) is 8.42 Å². The molecule has 15 heavy (non-hydrogen) atoms. The summed E-state index contributed by atoms with van der Waals surface area (Å²) >= 11 is 4.29. The van der Waals surface area contributed by atoms with Gasteiger partial charge in [-0.15, -0.1) is 0 Å². The lowest BCUT2D eigenvalue weighted by Crippen LogP contribution is -2.03. The van der Waals surface area contributed by atoms with Crippen LogP contribution in [0.1, 0.15) is 51.9 Å². The van der Waals surface area contributed by atoms with Crippen LogP contribution in [0.3, 0.4) is 0 Å². The fraction of sp³-hybridized carbons (Fsp3) is 1.00. The van der Waals surface area contributed by atoms with Gasteiger partial charge in [-0.2, -0.15) is 21.0 Å². The van der Waals surface area contributed by atoms with E-state index in [1.165, 1.54) is 12.8 Å². The maximum Gasteiger partial charge on any atom is 0.264 e. The van der Waals surface area contributed by atoms with E-state index in [0.29, 0.717) is 11.7 Å². The highest BCUT2D eigenvalue weighted by Gasteiger charge is 2.02. The van der Waals surface area contributed by atoms with E-state index in [1.54, 1.807) is 0 Å². The molecule has 0 aliphatic carbocycles. The highest BCUT2D eigenvalue weighted by atomic mass is 32.2. The van der Waals surface area contributed by atoms with Gasteiger partial charge in [0.2, 0.25) is 0 Å². The Morgan fingerprint density at radius 1 is 1.07 bits per heavy atom. The lowest BCUT2D eigenvalue weighted by atomic mass is 10.1. The lowest BCUT2D eigenvalue weighted by Gasteiger charge is -2.03. The van der Waals surface area contributed by atoms with Crippen molar-refractivity contribution < 1.29 is 13.0 Å². The molecule has 0 amide bonds. The van der Waals surface area contributed by atoms with Gasteiger partial charge in [-0.05, 0) is 18.1 Å². The predicted octanol–water partition coefficient (Wildman–Crippen LogP) is 2.92. The van der Waals surface area contributed by atoms with E-state index in [4.69, 9.17) is 4.55 Å². The van der Waals surface area contributed by atoms with Crippen molar-refractivity contribution in [3.63, 3.8) is 0 Å². The summed E-state index contributed by atoms with van der Waals surface area (Å²) in [6.07, 6.45) is 7.19. The summed E-state index contributed by atoms with van der Waals surface area (Å²) in [6, 6.07) is 0. The number of hydrogen-bond acceptors (Lipinski definition) is 3. The SMILES string of the molecule is CC(S)CCCCCCCCS(=O)(=O)O. The van der Waals surface area contributed by atoms with Crippen molar-refractivity contribution in [2.45, 2.75) is 57.1 Å². The Labute approximate surface area is 98.8 Å². The van der Waals surface area contributed by atoms with Gasteiger partial charge in [0.05, 0.1) is 5.75 Å². The zero-order valence-corrected chi connectivity index (χ0v) is 11.1. The smallest absolute Gasteiger partial charge is 0.264 e. The molecule has 0 radical (unpaired) electrons. The largest absolute Gasteiger partial charge is 0.286 e. The predicted molar refractivity (Wildman–Crippen MR) is 67.2 cm³/mol. The summed E-state index contributed by atoms with van der Waals surface area (Å²) in [6.45, 7) is 2.09. The first-order valence-corrected chi connectivity index (χ1v) is 7.67. The third kappa shape index (κ3) is 14.3. The molecule has 1 unspecified atom stereocenters. The van der Waals surface area contributed by atoms with Crippen LogP contribution in [0, 0.1) is 0 Å². The summed E-state index contributed by atoms with van der Waals surface area (Å²) in [5.41, 5.74) is 0. The minimum atomic E-state index is -3.74. The Morgan fingerprint density at radius 2 is 1.53 bits per heavy atom.